The minimum atomic E-state index is -0.390. The summed E-state index contributed by atoms with van der Waals surface area (Å²) in [4.78, 5) is 24.8. The molecule has 6 nitrogen and oxygen atoms in total. The summed E-state index contributed by atoms with van der Waals surface area (Å²) in [7, 11) is 0. The number of amides is 2. The Morgan fingerprint density at radius 2 is 1.58 bits per heavy atom. The normalized spacial score (nSPS) is 26.8. The Kier molecular flexibility index (Phi) is 7.17. The average Bonchev–Trinajstić information content (AvgIpc) is 2.83. The highest BCUT2D eigenvalue weighted by atomic mass is 19.1. The van der Waals surface area contributed by atoms with E-state index in [-0.39, 0.29) is 29.5 Å². The molecule has 6 rings (SSSR count). The number of benzene rings is 2. The molecule has 2 N–H and O–H groups in total. The maximum Gasteiger partial charge on any atom is 0.338 e. The first kappa shape index (κ1) is 24.6. The first-order chi connectivity index (χ1) is 17.4. The molecule has 1 unspecified atom stereocenters. The topological polar surface area (TPSA) is 76.7 Å². The predicted molar refractivity (Wildman–Crippen MR) is 134 cm³/mol. The number of nitrogens with one attached hydrogen (secondary N) is 2. The minimum Gasteiger partial charge on any atom is -0.486 e. The smallest absolute Gasteiger partial charge is 0.338 e. The highest BCUT2D eigenvalue weighted by molar-refractivity contribution is 5.89. The van der Waals surface area contributed by atoms with E-state index in [0.717, 1.165) is 42.6 Å². The quantitative estimate of drug-likeness (QED) is 0.433. The summed E-state index contributed by atoms with van der Waals surface area (Å²) in [6.07, 6.45) is 7.44. The molecule has 0 radical (unpaired) electrons. The van der Waals surface area contributed by atoms with Gasteiger partial charge in [-0.1, -0.05) is 12.1 Å². The molecule has 4 aliphatic carbocycles. The molecular formula is C29H35FN2O4. The summed E-state index contributed by atoms with van der Waals surface area (Å²) in [5, 5.41) is 6.37. The monoisotopic (exact) mass is 494 g/mol. The standard InChI is InChI=1S/C29H35FN2O4/c1-2-35-27(33)23-5-9-25(10-6-23)36-26(22-3-7-24(30)8-4-22)11-12-31-28(34)32-29-16-19-13-20(17-29)15-21(14-19)18-29/h3-10,19-21,26H,2,11-18H2,1H3,(H2,31,32,34). The van der Waals surface area contributed by atoms with Crippen LogP contribution in [-0.2, 0) is 4.74 Å². The van der Waals surface area contributed by atoms with E-state index in [9.17, 15) is 14.0 Å². The van der Waals surface area contributed by atoms with E-state index in [1.807, 2.05) is 0 Å². The summed E-state index contributed by atoms with van der Waals surface area (Å²) < 4.78 is 24.8. The van der Waals surface area contributed by atoms with Gasteiger partial charge in [0.25, 0.3) is 0 Å². The third-order valence-electron chi connectivity index (χ3n) is 7.99. The number of ether oxygens (including phenoxy) is 2. The lowest BCUT2D eigenvalue weighted by Crippen LogP contribution is -2.61. The van der Waals surface area contributed by atoms with Crippen molar-refractivity contribution >= 4 is 12.0 Å². The van der Waals surface area contributed by atoms with Crippen molar-refractivity contribution in [2.75, 3.05) is 13.2 Å². The van der Waals surface area contributed by atoms with E-state index in [1.54, 1.807) is 43.3 Å². The number of hydrogen-bond acceptors (Lipinski definition) is 4. The summed E-state index contributed by atoms with van der Waals surface area (Å²) in [5.74, 6) is 2.18. The lowest BCUT2D eigenvalue weighted by molar-refractivity contribution is -0.0135. The molecule has 2 aromatic carbocycles. The van der Waals surface area contributed by atoms with Gasteiger partial charge in [-0.3, -0.25) is 0 Å². The van der Waals surface area contributed by atoms with Crippen molar-refractivity contribution in [3.05, 3.63) is 65.5 Å². The van der Waals surface area contributed by atoms with Crippen LogP contribution in [0.2, 0.25) is 0 Å². The highest BCUT2D eigenvalue weighted by Crippen LogP contribution is 2.55. The fourth-order valence-electron chi connectivity index (χ4n) is 6.88. The Morgan fingerprint density at radius 3 is 2.17 bits per heavy atom. The van der Waals surface area contributed by atoms with Gasteiger partial charge in [0.2, 0.25) is 0 Å². The van der Waals surface area contributed by atoms with Gasteiger partial charge >= 0.3 is 12.0 Å². The number of rotatable bonds is 9. The van der Waals surface area contributed by atoms with E-state index in [1.165, 1.54) is 31.4 Å². The van der Waals surface area contributed by atoms with Gasteiger partial charge in [0.15, 0.2) is 0 Å². The summed E-state index contributed by atoms with van der Waals surface area (Å²) >= 11 is 0. The van der Waals surface area contributed by atoms with Crippen molar-refractivity contribution in [3.8, 4) is 5.75 Å². The molecule has 4 fully saturated rings. The summed E-state index contributed by atoms with van der Waals surface area (Å²) in [6, 6.07) is 12.8. The van der Waals surface area contributed by atoms with E-state index in [4.69, 9.17) is 9.47 Å². The van der Waals surface area contributed by atoms with Gasteiger partial charge in [0.1, 0.15) is 17.7 Å². The molecular weight excluding hydrogens is 459 g/mol. The number of carbonyl (C=O) groups excluding carboxylic acids is 2. The van der Waals surface area contributed by atoms with Crippen LogP contribution >= 0.6 is 0 Å². The largest absolute Gasteiger partial charge is 0.486 e. The third kappa shape index (κ3) is 5.66. The molecule has 4 aliphatic rings. The molecule has 192 valence electrons. The van der Waals surface area contributed by atoms with Crippen LogP contribution in [0.25, 0.3) is 0 Å². The highest BCUT2D eigenvalue weighted by Gasteiger charge is 2.51. The lowest BCUT2D eigenvalue weighted by Gasteiger charge is -2.56. The van der Waals surface area contributed by atoms with E-state index < -0.39 is 0 Å². The fraction of sp³-hybridized carbons (Fsp3) is 0.517. The molecule has 0 aromatic heterocycles. The van der Waals surface area contributed by atoms with Crippen molar-refractivity contribution < 1.29 is 23.5 Å². The van der Waals surface area contributed by atoms with Gasteiger partial charge < -0.3 is 20.1 Å². The SMILES string of the molecule is CCOC(=O)c1ccc(OC(CCNC(=O)NC23CC4CC(CC(C4)C2)C3)c2ccc(F)cc2)cc1. The number of hydrogen-bond donors (Lipinski definition) is 2. The fourth-order valence-corrected chi connectivity index (χ4v) is 6.88. The minimum absolute atomic E-state index is 0.0354. The zero-order chi connectivity index (χ0) is 25.1. The van der Waals surface area contributed by atoms with Gasteiger partial charge in [0, 0.05) is 18.5 Å². The van der Waals surface area contributed by atoms with Crippen molar-refractivity contribution in [1.29, 1.82) is 0 Å². The van der Waals surface area contributed by atoms with Crippen LogP contribution in [0.3, 0.4) is 0 Å². The average molecular weight is 495 g/mol. The Bertz CT molecular complexity index is 1030. The first-order valence-corrected chi connectivity index (χ1v) is 13.2. The number of urea groups is 1. The molecule has 0 aliphatic heterocycles. The molecule has 0 spiro atoms. The van der Waals surface area contributed by atoms with E-state index in [2.05, 4.69) is 10.6 Å². The van der Waals surface area contributed by atoms with Gasteiger partial charge in [0.05, 0.1) is 12.2 Å². The molecule has 1 atom stereocenters. The van der Waals surface area contributed by atoms with Crippen LogP contribution < -0.4 is 15.4 Å². The van der Waals surface area contributed by atoms with Crippen molar-refractivity contribution in [3.63, 3.8) is 0 Å². The van der Waals surface area contributed by atoms with Crippen molar-refractivity contribution in [1.82, 2.24) is 10.6 Å². The van der Waals surface area contributed by atoms with E-state index >= 15 is 0 Å². The second-order valence-electron chi connectivity index (χ2n) is 10.8. The first-order valence-electron chi connectivity index (χ1n) is 13.2. The molecule has 0 saturated heterocycles. The Labute approximate surface area is 211 Å². The molecule has 2 amide bonds. The number of esters is 1. The maximum absolute atomic E-state index is 13.5. The molecule has 2 aromatic rings. The molecule has 7 heteroatoms. The molecule has 36 heavy (non-hydrogen) atoms. The Hall–Kier alpha value is -3.09. The van der Waals surface area contributed by atoms with Crippen LogP contribution in [0.5, 0.6) is 5.75 Å². The van der Waals surface area contributed by atoms with Gasteiger partial charge in [-0.15, -0.1) is 0 Å². The summed E-state index contributed by atoms with van der Waals surface area (Å²) in [5.41, 5.74) is 1.23. The van der Waals surface area contributed by atoms with E-state index in [0.29, 0.717) is 30.9 Å². The second kappa shape index (κ2) is 10.5. The maximum atomic E-state index is 13.5. The van der Waals surface area contributed by atoms with Crippen molar-refractivity contribution in [2.24, 2.45) is 17.8 Å². The number of carbonyl (C=O) groups is 2. The van der Waals surface area contributed by atoms with Crippen LogP contribution in [-0.4, -0.2) is 30.7 Å². The lowest BCUT2D eigenvalue weighted by atomic mass is 9.53. The molecule has 0 heterocycles. The predicted octanol–water partition coefficient (Wildman–Crippen LogP) is 5.78. The zero-order valence-electron chi connectivity index (χ0n) is 20.8. The Morgan fingerprint density at radius 1 is 0.972 bits per heavy atom. The van der Waals surface area contributed by atoms with Crippen LogP contribution in [0.15, 0.2) is 48.5 Å². The molecule has 4 saturated carbocycles. The molecule has 4 bridgehead atoms. The summed E-state index contributed by atoms with van der Waals surface area (Å²) in [6.45, 7) is 2.49. The third-order valence-corrected chi connectivity index (χ3v) is 7.99. The van der Waals surface area contributed by atoms with Gasteiger partial charge in [-0.05, 0) is 105 Å². The van der Waals surface area contributed by atoms with Crippen molar-refractivity contribution in [2.45, 2.75) is 63.5 Å². The number of halogens is 1. The van der Waals surface area contributed by atoms with Gasteiger partial charge in [-0.2, -0.15) is 0 Å². The van der Waals surface area contributed by atoms with Crippen LogP contribution in [0.1, 0.15) is 73.9 Å². The van der Waals surface area contributed by atoms with Crippen LogP contribution in [0.4, 0.5) is 9.18 Å². The second-order valence-corrected chi connectivity index (χ2v) is 10.8. The van der Waals surface area contributed by atoms with Gasteiger partial charge in [-0.25, -0.2) is 14.0 Å². The van der Waals surface area contributed by atoms with Crippen LogP contribution in [0, 0.1) is 23.6 Å². The zero-order valence-corrected chi connectivity index (χ0v) is 20.8. The Balaban J connectivity index is 1.19.